The normalized spacial score (nSPS) is 25.3. The molecule has 4 bridgehead atoms. The van der Waals surface area contributed by atoms with Crippen LogP contribution in [-0.2, 0) is 41.5 Å². The van der Waals surface area contributed by atoms with Crippen molar-refractivity contribution in [3.63, 3.8) is 0 Å². The maximum atomic E-state index is 3.57. The minimum atomic E-state index is 0. The maximum absolute atomic E-state index is 3.57. The van der Waals surface area contributed by atoms with Crippen LogP contribution in [0.1, 0.15) is 134 Å². The zero-order chi connectivity index (χ0) is 34.4. The number of benzene rings is 3. The maximum Gasteiger partial charge on any atom is -1.00 e. The summed E-state index contributed by atoms with van der Waals surface area (Å²) in [6.07, 6.45) is 17.8. The second-order valence-corrected chi connectivity index (χ2v) is 18.9. The molecule has 0 heterocycles. The van der Waals surface area contributed by atoms with Crippen molar-refractivity contribution in [2.45, 2.75) is 125 Å². The molecular weight excluding hydrogens is 727 g/mol. The van der Waals surface area contributed by atoms with Crippen molar-refractivity contribution in [2.75, 3.05) is 0 Å². The fraction of sp³-hybridized carbons (Fsp3) is 0.511. The van der Waals surface area contributed by atoms with Crippen molar-refractivity contribution in [1.29, 1.82) is 0 Å². The third-order valence-corrected chi connectivity index (χ3v) is 12.7. The fourth-order valence-electron chi connectivity index (χ4n) is 9.65. The molecule has 0 aliphatic heterocycles. The molecule has 9 rings (SSSR count). The van der Waals surface area contributed by atoms with Gasteiger partial charge in [0.05, 0.1) is 0 Å². The Bertz CT molecular complexity index is 1610. The Labute approximate surface area is 332 Å². The van der Waals surface area contributed by atoms with Crippen LogP contribution in [0.25, 0.3) is 11.1 Å². The zero-order valence-corrected chi connectivity index (χ0v) is 36.0. The van der Waals surface area contributed by atoms with Crippen molar-refractivity contribution in [3.05, 3.63) is 117 Å². The molecular formula is C47H58Cl2Zr-2. The molecule has 266 valence electrons. The van der Waals surface area contributed by atoms with E-state index in [0.717, 1.165) is 24.2 Å². The monoisotopic (exact) mass is 782 g/mol. The van der Waals surface area contributed by atoms with Gasteiger partial charge in [-0.1, -0.05) is 102 Å². The zero-order valence-electron chi connectivity index (χ0n) is 32.1. The molecule has 3 aromatic rings. The summed E-state index contributed by atoms with van der Waals surface area (Å²) in [4.78, 5) is 0. The Balaban J connectivity index is 0.000000177. The second kappa shape index (κ2) is 16.2. The first-order chi connectivity index (χ1) is 22.6. The molecule has 3 aromatic carbocycles. The van der Waals surface area contributed by atoms with Gasteiger partial charge in [-0.15, -0.1) is 5.56 Å². The van der Waals surface area contributed by atoms with E-state index in [1.54, 1.807) is 44.1 Å². The number of halogens is 2. The molecule has 0 radical (unpaired) electrons. The van der Waals surface area contributed by atoms with Gasteiger partial charge >= 0.3 is 70.3 Å². The molecule has 50 heavy (non-hydrogen) atoms. The van der Waals surface area contributed by atoms with Gasteiger partial charge in [0.2, 0.25) is 0 Å². The second-order valence-electron chi connectivity index (χ2n) is 18.2. The largest absolute Gasteiger partial charge is 1.00 e. The first-order valence-corrected chi connectivity index (χ1v) is 20.1. The van der Waals surface area contributed by atoms with Crippen molar-refractivity contribution in [3.8, 4) is 11.1 Å². The van der Waals surface area contributed by atoms with Crippen LogP contribution in [0.4, 0.5) is 0 Å². The molecule has 0 nitrogen and oxygen atoms in total. The fourth-order valence-corrected chi connectivity index (χ4v) is 10.1. The van der Waals surface area contributed by atoms with E-state index in [2.05, 4.69) is 139 Å². The molecule has 3 heteroatoms. The van der Waals surface area contributed by atoms with Crippen LogP contribution in [-0.4, -0.2) is 3.71 Å². The molecule has 6 aliphatic carbocycles. The third kappa shape index (κ3) is 9.52. The average Bonchev–Trinajstić information content (AvgIpc) is 3.53. The number of fused-ring (bicyclic) bond motifs is 3. The summed E-state index contributed by atoms with van der Waals surface area (Å²) in [5.74, 6) is 3.82. The Morgan fingerprint density at radius 1 is 0.780 bits per heavy atom. The Hall–Kier alpha value is -1.53. The van der Waals surface area contributed by atoms with Crippen molar-refractivity contribution < 1.29 is 49.0 Å². The van der Waals surface area contributed by atoms with Gasteiger partial charge in [-0.05, 0) is 79.1 Å². The smallest absolute Gasteiger partial charge is 1.00 e. The van der Waals surface area contributed by atoms with Gasteiger partial charge in [-0.2, -0.15) is 41.0 Å². The molecule has 0 saturated heterocycles. The standard InChI is InChI=1S/C21H25.C18H25.C8H8.2ClH.Zr/c1-20(2,3)16-9-7-14-11-15-8-10-17(21(4,5)6)13-19(15)18(14)12-16;1-12-3-13(2)17(4-12)11-18-8-14-5-15(9-18)7-16(6-14)10-18;1-7-3-5-8(2)6-4-7;;;/h7,9-10,12-13H,11H2,1-6H3;4,12,14-16H,5-11H2,1-2H3;1,3-6H,2H3;2*1H;/q2*-1;;;;+2/p-2. The van der Waals surface area contributed by atoms with E-state index in [0.29, 0.717) is 11.3 Å². The van der Waals surface area contributed by atoms with E-state index in [9.17, 15) is 0 Å². The van der Waals surface area contributed by atoms with Gasteiger partial charge in [0.15, 0.2) is 0 Å². The van der Waals surface area contributed by atoms with Gasteiger partial charge in [-0.3, -0.25) is 6.08 Å². The molecule has 0 amide bonds. The van der Waals surface area contributed by atoms with Crippen LogP contribution in [0, 0.1) is 48.2 Å². The molecule has 0 spiro atoms. The van der Waals surface area contributed by atoms with Crippen LogP contribution in [0.15, 0.2) is 71.8 Å². The Morgan fingerprint density at radius 3 is 1.84 bits per heavy atom. The first kappa shape index (κ1) is 41.2. The van der Waals surface area contributed by atoms with E-state index < -0.39 is 0 Å². The molecule has 1 atom stereocenters. The van der Waals surface area contributed by atoms with Crippen LogP contribution in [0.5, 0.6) is 0 Å². The van der Waals surface area contributed by atoms with Crippen molar-refractivity contribution in [2.24, 2.45) is 29.1 Å². The topological polar surface area (TPSA) is 0 Å². The minimum Gasteiger partial charge on any atom is -1.00 e. The Morgan fingerprint density at radius 2 is 1.34 bits per heavy atom. The molecule has 6 aliphatic rings. The minimum absolute atomic E-state index is 0. The summed E-state index contributed by atoms with van der Waals surface area (Å²) in [7, 11) is 0. The number of hydrogen-bond acceptors (Lipinski definition) is 0. The number of rotatable bonds is 3. The summed E-state index contributed by atoms with van der Waals surface area (Å²) in [6, 6.07) is 23.6. The van der Waals surface area contributed by atoms with Crippen molar-refractivity contribution >= 4 is 3.71 Å². The predicted molar refractivity (Wildman–Crippen MR) is 202 cm³/mol. The van der Waals surface area contributed by atoms with Gasteiger partial charge < -0.3 is 24.8 Å². The van der Waals surface area contributed by atoms with Gasteiger partial charge in [0, 0.05) is 0 Å². The van der Waals surface area contributed by atoms with E-state index in [1.807, 2.05) is 0 Å². The molecule has 0 N–H and O–H groups in total. The van der Waals surface area contributed by atoms with E-state index >= 15 is 0 Å². The molecule has 0 aromatic heterocycles. The summed E-state index contributed by atoms with van der Waals surface area (Å²) in [5.41, 5.74) is 15.2. The SMILES string of the molecule is CC(C)(C)c1c[c-]c2c(c1)-c1cc(C(C)(C)C)ccc1C2.CC1=[C-]C(C)C=C1CC12CC3CC(CC(C3)C1)C2.Cc1ccc([CH]=[Zr+2])cc1.[Cl-].[Cl-]. The quantitative estimate of drug-likeness (QED) is 0.215. The number of aryl methyl sites for hydroxylation is 1. The Kier molecular flexibility index (Phi) is 13.4. The summed E-state index contributed by atoms with van der Waals surface area (Å²) >= 11 is 1.47. The van der Waals surface area contributed by atoms with E-state index in [1.165, 1.54) is 80.7 Å². The van der Waals surface area contributed by atoms with Crippen LogP contribution in [0.3, 0.4) is 0 Å². The third-order valence-electron chi connectivity index (χ3n) is 11.9. The van der Waals surface area contributed by atoms with Crippen LogP contribution in [0.2, 0.25) is 0 Å². The average molecular weight is 785 g/mol. The van der Waals surface area contributed by atoms with Gasteiger partial charge in [-0.25, -0.2) is 5.57 Å². The molecule has 1 unspecified atom stereocenters. The number of hydrogen-bond donors (Lipinski definition) is 0. The van der Waals surface area contributed by atoms with Gasteiger partial charge in [0.25, 0.3) is 0 Å². The van der Waals surface area contributed by atoms with Crippen LogP contribution >= 0.6 is 0 Å². The molecule has 4 saturated carbocycles. The number of allylic oxidation sites excluding steroid dienone is 4. The van der Waals surface area contributed by atoms with E-state index in [4.69, 9.17) is 0 Å². The predicted octanol–water partition coefficient (Wildman–Crippen LogP) is 6.27. The van der Waals surface area contributed by atoms with Gasteiger partial charge in [0.1, 0.15) is 0 Å². The van der Waals surface area contributed by atoms with E-state index in [-0.39, 0.29) is 35.6 Å². The summed E-state index contributed by atoms with van der Waals surface area (Å²) in [6.45, 7) is 20.3. The van der Waals surface area contributed by atoms with Crippen LogP contribution < -0.4 is 24.8 Å². The summed E-state index contributed by atoms with van der Waals surface area (Å²) in [5, 5.41) is 0. The first-order valence-electron chi connectivity index (χ1n) is 18.7. The molecule has 4 fully saturated rings. The van der Waals surface area contributed by atoms with Crippen molar-refractivity contribution in [1.82, 2.24) is 0 Å². The summed E-state index contributed by atoms with van der Waals surface area (Å²) < 4.78 is 2.19.